The van der Waals surface area contributed by atoms with E-state index in [1.165, 1.54) is 0 Å². The van der Waals surface area contributed by atoms with Crippen LogP contribution in [0.4, 0.5) is 0 Å². The molecule has 0 aliphatic carbocycles. The molecule has 1 aliphatic rings. The van der Waals surface area contributed by atoms with Crippen LogP contribution < -0.4 is 5.32 Å². The first-order valence-corrected chi connectivity index (χ1v) is 8.87. The summed E-state index contributed by atoms with van der Waals surface area (Å²) < 4.78 is 10.7. The van der Waals surface area contributed by atoms with Crippen LogP contribution in [-0.4, -0.2) is 48.3 Å². The van der Waals surface area contributed by atoms with Gasteiger partial charge in [-0.3, -0.25) is 9.69 Å². The van der Waals surface area contributed by atoms with E-state index in [9.17, 15) is 4.79 Å². The van der Waals surface area contributed by atoms with Crippen molar-refractivity contribution in [3.8, 4) is 11.3 Å². The predicted molar refractivity (Wildman–Crippen MR) is 95.3 cm³/mol. The van der Waals surface area contributed by atoms with Gasteiger partial charge in [-0.2, -0.15) is 0 Å². The fourth-order valence-electron chi connectivity index (χ4n) is 2.98. The highest BCUT2D eigenvalue weighted by Crippen LogP contribution is 2.27. The summed E-state index contributed by atoms with van der Waals surface area (Å²) in [5, 5.41) is 7.58. The third-order valence-corrected chi connectivity index (χ3v) is 4.65. The van der Waals surface area contributed by atoms with E-state index in [4.69, 9.17) is 20.9 Å². The smallest absolute Gasteiger partial charge is 0.237 e. The van der Waals surface area contributed by atoms with E-state index in [1.807, 2.05) is 25.1 Å². The minimum Gasteiger partial charge on any atom is -0.379 e. The van der Waals surface area contributed by atoms with E-state index in [0.717, 1.165) is 25.1 Å². The Hall–Kier alpha value is -1.89. The predicted octanol–water partition coefficient (Wildman–Crippen LogP) is 2.72. The molecule has 25 heavy (non-hydrogen) atoms. The van der Waals surface area contributed by atoms with Gasteiger partial charge in [0.05, 0.1) is 30.8 Å². The van der Waals surface area contributed by atoms with Crippen LogP contribution in [-0.2, 0) is 16.1 Å². The largest absolute Gasteiger partial charge is 0.379 e. The molecule has 1 aromatic carbocycles. The molecule has 2 heterocycles. The number of carbonyl (C=O) groups is 1. The first-order valence-electron chi connectivity index (χ1n) is 8.49. The fourth-order valence-corrected chi connectivity index (χ4v) is 3.21. The molecule has 134 valence electrons. The average molecular weight is 364 g/mol. The first-order chi connectivity index (χ1) is 12.2. The molecule has 0 unspecified atom stereocenters. The molecule has 1 atom stereocenters. The van der Waals surface area contributed by atoms with Crippen molar-refractivity contribution in [2.45, 2.75) is 25.9 Å². The van der Waals surface area contributed by atoms with Crippen molar-refractivity contribution in [3.63, 3.8) is 0 Å². The SMILES string of the molecule is CC[C@@H](C(=O)NCc1cc(-c2ccccc2Cl)on1)N1CCOCC1. The van der Waals surface area contributed by atoms with Crippen molar-refractivity contribution < 1.29 is 14.1 Å². The zero-order valence-corrected chi connectivity index (χ0v) is 15.0. The molecule has 7 heteroatoms. The molecular weight excluding hydrogens is 342 g/mol. The number of hydrogen-bond donors (Lipinski definition) is 1. The van der Waals surface area contributed by atoms with Gasteiger partial charge in [-0.1, -0.05) is 35.8 Å². The van der Waals surface area contributed by atoms with Gasteiger partial charge in [0.1, 0.15) is 5.69 Å². The molecule has 0 saturated carbocycles. The number of nitrogens with zero attached hydrogens (tertiary/aromatic N) is 2. The zero-order valence-electron chi connectivity index (χ0n) is 14.2. The number of ether oxygens (including phenoxy) is 1. The Bertz CT molecular complexity index is 713. The van der Waals surface area contributed by atoms with Gasteiger partial charge < -0.3 is 14.6 Å². The standard InChI is InChI=1S/C18H22ClN3O3/c1-2-16(22-7-9-24-10-8-22)18(23)20-12-13-11-17(25-21-13)14-5-3-4-6-15(14)19/h3-6,11,16H,2,7-10,12H2,1H3,(H,20,23)/t16-/m0/s1. The number of halogens is 1. The van der Waals surface area contributed by atoms with Crippen LogP contribution in [0, 0.1) is 0 Å². The third kappa shape index (κ3) is 4.39. The number of rotatable bonds is 6. The Morgan fingerprint density at radius 3 is 2.84 bits per heavy atom. The molecule has 1 fully saturated rings. The van der Waals surface area contributed by atoms with Gasteiger partial charge in [0.25, 0.3) is 0 Å². The first kappa shape index (κ1) is 17.9. The Balaban J connectivity index is 1.59. The second-order valence-electron chi connectivity index (χ2n) is 5.95. The van der Waals surface area contributed by atoms with Crippen LogP contribution in [0.1, 0.15) is 19.0 Å². The molecule has 0 bridgehead atoms. The molecule has 1 aromatic heterocycles. The van der Waals surface area contributed by atoms with E-state index in [0.29, 0.717) is 36.2 Å². The summed E-state index contributed by atoms with van der Waals surface area (Å²) in [5.41, 5.74) is 1.45. The highest BCUT2D eigenvalue weighted by atomic mass is 35.5. The van der Waals surface area contributed by atoms with E-state index < -0.39 is 0 Å². The van der Waals surface area contributed by atoms with Gasteiger partial charge in [-0.25, -0.2) is 0 Å². The second kappa shape index (κ2) is 8.47. The van der Waals surface area contributed by atoms with Crippen LogP contribution in [0.3, 0.4) is 0 Å². The number of aromatic nitrogens is 1. The van der Waals surface area contributed by atoms with Crippen LogP contribution in [0.2, 0.25) is 5.02 Å². The minimum absolute atomic E-state index is 0.00620. The van der Waals surface area contributed by atoms with E-state index >= 15 is 0 Å². The zero-order chi connectivity index (χ0) is 17.6. The second-order valence-corrected chi connectivity index (χ2v) is 6.36. The Morgan fingerprint density at radius 1 is 1.36 bits per heavy atom. The van der Waals surface area contributed by atoms with Crippen molar-refractivity contribution in [1.29, 1.82) is 0 Å². The number of benzene rings is 1. The van der Waals surface area contributed by atoms with Crippen LogP contribution in [0.25, 0.3) is 11.3 Å². The Kier molecular flexibility index (Phi) is 6.07. The van der Waals surface area contributed by atoms with E-state index in [-0.39, 0.29) is 11.9 Å². The van der Waals surface area contributed by atoms with Crippen LogP contribution in [0.15, 0.2) is 34.9 Å². The number of morpholine rings is 1. The minimum atomic E-state index is -0.140. The lowest BCUT2D eigenvalue weighted by Crippen LogP contribution is -2.50. The molecule has 0 spiro atoms. The number of nitrogens with one attached hydrogen (secondary N) is 1. The molecule has 6 nitrogen and oxygen atoms in total. The van der Waals surface area contributed by atoms with Gasteiger partial charge in [-0.15, -0.1) is 0 Å². The van der Waals surface area contributed by atoms with Crippen molar-refractivity contribution in [3.05, 3.63) is 41.0 Å². The molecule has 1 saturated heterocycles. The summed E-state index contributed by atoms with van der Waals surface area (Å²) >= 11 is 6.17. The fraction of sp³-hybridized carbons (Fsp3) is 0.444. The maximum atomic E-state index is 12.5. The van der Waals surface area contributed by atoms with Crippen LogP contribution in [0.5, 0.6) is 0 Å². The maximum Gasteiger partial charge on any atom is 0.237 e. The van der Waals surface area contributed by atoms with Gasteiger partial charge in [-0.05, 0) is 18.6 Å². The molecule has 0 radical (unpaired) electrons. The van der Waals surface area contributed by atoms with Gasteiger partial charge >= 0.3 is 0 Å². The Labute approximate surface area is 152 Å². The van der Waals surface area contributed by atoms with Gasteiger partial charge in [0.15, 0.2) is 5.76 Å². The molecular formula is C18H22ClN3O3. The third-order valence-electron chi connectivity index (χ3n) is 4.32. The topological polar surface area (TPSA) is 67.6 Å². The lowest BCUT2D eigenvalue weighted by atomic mass is 10.1. The van der Waals surface area contributed by atoms with E-state index in [1.54, 1.807) is 12.1 Å². The quantitative estimate of drug-likeness (QED) is 0.854. The van der Waals surface area contributed by atoms with Crippen molar-refractivity contribution in [1.82, 2.24) is 15.4 Å². The lowest BCUT2D eigenvalue weighted by molar-refractivity contribution is -0.128. The Morgan fingerprint density at radius 2 is 2.12 bits per heavy atom. The highest BCUT2D eigenvalue weighted by Gasteiger charge is 2.25. The molecule has 1 aliphatic heterocycles. The summed E-state index contributed by atoms with van der Waals surface area (Å²) in [4.78, 5) is 14.7. The van der Waals surface area contributed by atoms with Crippen LogP contribution >= 0.6 is 11.6 Å². The maximum absolute atomic E-state index is 12.5. The average Bonchev–Trinajstić information content (AvgIpc) is 3.11. The molecule has 2 aromatic rings. The van der Waals surface area contributed by atoms with Crippen molar-refractivity contribution in [2.24, 2.45) is 0 Å². The summed E-state index contributed by atoms with van der Waals surface area (Å²) in [6.07, 6.45) is 0.759. The summed E-state index contributed by atoms with van der Waals surface area (Å²) in [7, 11) is 0. The molecule has 1 amide bonds. The normalized spacial score (nSPS) is 16.6. The monoisotopic (exact) mass is 363 g/mol. The molecule has 1 N–H and O–H groups in total. The number of carbonyl (C=O) groups excluding carboxylic acids is 1. The number of hydrogen-bond acceptors (Lipinski definition) is 5. The summed E-state index contributed by atoms with van der Waals surface area (Å²) in [6.45, 7) is 5.26. The summed E-state index contributed by atoms with van der Waals surface area (Å²) in [5.74, 6) is 0.599. The van der Waals surface area contributed by atoms with E-state index in [2.05, 4.69) is 15.4 Å². The van der Waals surface area contributed by atoms with Gasteiger partial charge in [0.2, 0.25) is 5.91 Å². The molecule has 3 rings (SSSR count). The van der Waals surface area contributed by atoms with Crippen molar-refractivity contribution in [2.75, 3.05) is 26.3 Å². The summed E-state index contributed by atoms with van der Waals surface area (Å²) in [6, 6.07) is 9.08. The van der Waals surface area contributed by atoms with Gasteiger partial charge in [0, 0.05) is 24.7 Å². The van der Waals surface area contributed by atoms with Crippen molar-refractivity contribution >= 4 is 17.5 Å². The highest BCUT2D eigenvalue weighted by molar-refractivity contribution is 6.33. The lowest BCUT2D eigenvalue weighted by Gasteiger charge is -2.32. The number of amides is 1.